The van der Waals surface area contributed by atoms with Crippen LogP contribution in [0.5, 0.6) is 0 Å². The van der Waals surface area contributed by atoms with E-state index in [-0.39, 0.29) is 24.0 Å². The molecule has 0 amide bonds. The number of nitrogens with zero attached hydrogens (tertiary/aromatic N) is 4. The summed E-state index contributed by atoms with van der Waals surface area (Å²) in [4.78, 5) is 4.88. The first kappa shape index (κ1) is 21.9. The zero-order valence-electron chi connectivity index (χ0n) is 16.6. The molecule has 27 heavy (non-hydrogen) atoms. The van der Waals surface area contributed by atoms with E-state index in [0.29, 0.717) is 5.41 Å². The number of guanidine groups is 1. The fourth-order valence-corrected chi connectivity index (χ4v) is 3.85. The van der Waals surface area contributed by atoms with E-state index in [2.05, 4.69) is 39.1 Å². The molecule has 1 fully saturated rings. The Morgan fingerprint density at radius 1 is 1.19 bits per heavy atom. The summed E-state index contributed by atoms with van der Waals surface area (Å²) < 4.78 is 2.06. The third kappa shape index (κ3) is 5.80. The molecule has 0 aromatic carbocycles. The molecular weight excluding hydrogens is 451 g/mol. The van der Waals surface area contributed by atoms with Crippen molar-refractivity contribution in [3.8, 4) is 0 Å². The summed E-state index contributed by atoms with van der Waals surface area (Å²) in [6.07, 6.45) is 10.5. The lowest BCUT2D eigenvalue weighted by Crippen LogP contribution is -2.39. The maximum absolute atomic E-state index is 4.88. The number of halogens is 1. The van der Waals surface area contributed by atoms with Gasteiger partial charge >= 0.3 is 0 Å². The first-order valence-corrected chi connectivity index (χ1v) is 10.1. The molecule has 2 aromatic heterocycles. The number of rotatable bonds is 8. The number of aliphatic imine (C=N–C) groups is 1. The van der Waals surface area contributed by atoms with Gasteiger partial charge < -0.3 is 10.6 Å². The fraction of sp³-hybridized carbons (Fsp3) is 0.650. The topological polar surface area (TPSA) is 66.6 Å². The molecule has 150 valence electrons. The molecule has 0 spiro atoms. The molecule has 0 aliphatic heterocycles. The summed E-state index contributed by atoms with van der Waals surface area (Å²) >= 11 is 0. The van der Waals surface area contributed by atoms with Crippen LogP contribution in [0, 0.1) is 5.41 Å². The molecule has 6 nitrogen and oxygen atoms in total. The summed E-state index contributed by atoms with van der Waals surface area (Å²) in [5.74, 6) is 1.96. The summed E-state index contributed by atoms with van der Waals surface area (Å²) in [6, 6.07) is 5.99. The van der Waals surface area contributed by atoms with Crippen molar-refractivity contribution in [3.63, 3.8) is 0 Å². The first-order valence-electron chi connectivity index (χ1n) is 10.1. The van der Waals surface area contributed by atoms with E-state index in [0.717, 1.165) is 49.9 Å². The van der Waals surface area contributed by atoms with Gasteiger partial charge in [0.2, 0.25) is 0 Å². The van der Waals surface area contributed by atoms with E-state index < -0.39 is 0 Å². The number of hydrogen-bond donors (Lipinski definition) is 2. The minimum absolute atomic E-state index is 0. The monoisotopic (exact) mass is 484 g/mol. The third-order valence-electron chi connectivity index (χ3n) is 5.58. The first-order chi connectivity index (χ1) is 12.8. The molecule has 3 rings (SSSR count). The van der Waals surface area contributed by atoms with Crippen molar-refractivity contribution < 1.29 is 0 Å². The molecule has 7 heteroatoms. The van der Waals surface area contributed by atoms with Crippen molar-refractivity contribution in [2.75, 3.05) is 19.6 Å². The molecule has 2 aromatic rings. The predicted molar refractivity (Wildman–Crippen MR) is 122 cm³/mol. The van der Waals surface area contributed by atoms with Gasteiger partial charge in [-0.1, -0.05) is 25.8 Å². The van der Waals surface area contributed by atoms with Gasteiger partial charge in [-0.3, -0.25) is 9.39 Å². The van der Waals surface area contributed by atoms with Crippen molar-refractivity contribution >= 4 is 35.6 Å². The number of pyridine rings is 1. The van der Waals surface area contributed by atoms with E-state index in [4.69, 9.17) is 4.99 Å². The van der Waals surface area contributed by atoms with Crippen molar-refractivity contribution in [2.45, 2.75) is 58.8 Å². The van der Waals surface area contributed by atoms with E-state index in [1.807, 2.05) is 24.4 Å². The fourth-order valence-electron chi connectivity index (χ4n) is 3.85. The Kier molecular flexibility index (Phi) is 8.79. The minimum Gasteiger partial charge on any atom is -0.357 e. The van der Waals surface area contributed by atoms with Crippen molar-refractivity contribution in [1.29, 1.82) is 0 Å². The predicted octanol–water partition coefficient (Wildman–Crippen LogP) is 3.81. The Morgan fingerprint density at radius 3 is 2.74 bits per heavy atom. The molecule has 2 heterocycles. The Labute approximate surface area is 179 Å². The second kappa shape index (κ2) is 10.8. The van der Waals surface area contributed by atoms with Crippen LogP contribution in [0.2, 0.25) is 0 Å². The van der Waals surface area contributed by atoms with Crippen LogP contribution >= 0.6 is 24.0 Å². The highest BCUT2D eigenvalue weighted by molar-refractivity contribution is 14.0. The van der Waals surface area contributed by atoms with Crippen LogP contribution < -0.4 is 10.6 Å². The lowest BCUT2D eigenvalue weighted by molar-refractivity contribution is 0.297. The van der Waals surface area contributed by atoms with Gasteiger partial charge in [-0.25, -0.2) is 0 Å². The van der Waals surface area contributed by atoms with Crippen LogP contribution in [-0.4, -0.2) is 40.2 Å². The van der Waals surface area contributed by atoms with E-state index in [9.17, 15) is 0 Å². The maximum Gasteiger partial charge on any atom is 0.191 e. The van der Waals surface area contributed by atoms with Crippen LogP contribution in [0.25, 0.3) is 5.65 Å². The van der Waals surface area contributed by atoms with Crippen LogP contribution in [0.4, 0.5) is 0 Å². The van der Waals surface area contributed by atoms with Gasteiger partial charge in [-0.05, 0) is 50.2 Å². The lowest BCUT2D eigenvalue weighted by atomic mass is 9.84. The average Bonchev–Trinajstić information content (AvgIpc) is 3.31. The molecule has 2 N–H and O–H groups in total. The Hall–Kier alpha value is -1.38. The molecule has 1 aliphatic carbocycles. The van der Waals surface area contributed by atoms with Gasteiger partial charge in [-0.15, -0.1) is 34.2 Å². The molecule has 0 saturated heterocycles. The Balaban J connectivity index is 0.00000261. The van der Waals surface area contributed by atoms with Gasteiger partial charge in [-0.2, -0.15) is 0 Å². The molecule has 0 atom stereocenters. The molecule has 0 radical (unpaired) electrons. The summed E-state index contributed by atoms with van der Waals surface area (Å²) in [6.45, 7) is 7.13. The van der Waals surface area contributed by atoms with Gasteiger partial charge in [0.05, 0.1) is 0 Å². The van der Waals surface area contributed by atoms with Crippen molar-refractivity contribution in [1.82, 2.24) is 25.2 Å². The van der Waals surface area contributed by atoms with Crippen LogP contribution in [-0.2, 0) is 6.42 Å². The Morgan fingerprint density at radius 2 is 2.00 bits per heavy atom. The van der Waals surface area contributed by atoms with Crippen LogP contribution in [0.15, 0.2) is 29.4 Å². The van der Waals surface area contributed by atoms with Gasteiger partial charge in [0.1, 0.15) is 5.82 Å². The number of aryl methyl sites for hydroxylation is 1. The Bertz CT molecular complexity index is 720. The van der Waals surface area contributed by atoms with Gasteiger partial charge in [0.15, 0.2) is 11.6 Å². The second-order valence-electron chi connectivity index (χ2n) is 7.33. The van der Waals surface area contributed by atoms with Crippen molar-refractivity contribution in [2.24, 2.45) is 10.4 Å². The lowest BCUT2D eigenvalue weighted by Gasteiger charge is -2.25. The standard InChI is InChI=1S/C20H32N6.HI/c1-3-20(12-6-7-13-20)16-23-19(21-4-2)22-14-9-11-18-25-24-17-10-5-8-15-26(17)18;/h5,8,10,15H,3-4,6-7,9,11-14,16H2,1-2H3,(H2,21,22,23);1H. The summed E-state index contributed by atoms with van der Waals surface area (Å²) in [5, 5.41) is 15.4. The average molecular weight is 484 g/mol. The largest absolute Gasteiger partial charge is 0.357 e. The molecular formula is C20H33IN6. The number of aromatic nitrogens is 3. The minimum atomic E-state index is 0. The highest BCUT2D eigenvalue weighted by atomic mass is 127. The molecule has 1 saturated carbocycles. The highest BCUT2D eigenvalue weighted by Crippen LogP contribution is 2.41. The molecule has 0 unspecified atom stereocenters. The number of hydrogen-bond acceptors (Lipinski definition) is 3. The second-order valence-corrected chi connectivity index (χ2v) is 7.33. The zero-order chi connectivity index (χ0) is 18.2. The normalized spacial score (nSPS) is 16.3. The van der Waals surface area contributed by atoms with Crippen molar-refractivity contribution in [3.05, 3.63) is 30.2 Å². The smallest absolute Gasteiger partial charge is 0.191 e. The van der Waals surface area contributed by atoms with Crippen LogP contribution in [0.1, 0.15) is 58.2 Å². The SMILES string of the molecule is CCNC(=NCC1(CC)CCCC1)NCCCc1nnc2ccccn12.I. The molecule has 0 bridgehead atoms. The molecule has 1 aliphatic rings. The van der Waals surface area contributed by atoms with E-state index in [1.54, 1.807) is 0 Å². The summed E-state index contributed by atoms with van der Waals surface area (Å²) in [5.41, 5.74) is 1.34. The van der Waals surface area contributed by atoms with E-state index >= 15 is 0 Å². The quantitative estimate of drug-likeness (QED) is 0.259. The third-order valence-corrected chi connectivity index (χ3v) is 5.58. The van der Waals surface area contributed by atoms with Gasteiger partial charge in [0, 0.05) is 32.3 Å². The van der Waals surface area contributed by atoms with E-state index in [1.165, 1.54) is 32.1 Å². The maximum atomic E-state index is 4.88. The highest BCUT2D eigenvalue weighted by Gasteiger charge is 2.31. The number of fused-ring (bicyclic) bond motifs is 1. The van der Waals surface area contributed by atoms with Crippen LogP contribution in [0.3, 0.4) is 0 Å². The summed E-state index contributed by atoms with van der Waals surface area (Å²) in [7, 11) is 0. The number of nitrogens with one attached hydrogen (secondary N) is 2. The zero-order valence-corrected chi connectivity index (χ0v) is 18.9. The van der Waals surface area contributed by atoms with Gasteiger partial charge in [0.25, 0.3) is 0 Å².